The average Bonchev–Trinajstić information content (AvgIpc) is 2.53. The summed E-state index contributed by atoms with van der Waals surface area (Å²) in [6.07, 6.45) is 0. The second-order valence-corrected chi connectivity index (χ2v) is 4.19. The average molecular weight is 302 g/mol. The van der Waals surface area contributed by atoms with Gasteiger partial charge in [0.15, 0.2) is 0 Å². The van der Waals surface area contributed by atoms with Crippen molar-refractivity contribution in [2.75, 3.05) is 5.43 Å². The summed E-state index contributed by atoms with van der Waals surface area (Å²) < 4.78 is 0. The molecule has 0 bridgehead atoms. The number of hydrogen-bond donors (Lipinski definition) is 2. The first-order chi connectivity index (χ1) is 10.5. The van der Waals surface area contributed by atoms with Gasteiger partial charge in [0.1, 0.15) is 0 Å². The molecule has 0 heterocycles. The molecule has 0 saturated heterocycles. The molecule has 0 aromatic heterocycles. The minimum atomic E-state index is -0.597. The zero-order valence-electron chi connectivity index (χ0n) is 11.1. The fraction of sp³-hybridized carbons (Fsp3) is 0. The lowest BCUT2D eigenvalue weighted by atomic mass is 10.2. The number of carbonyl (C=O) groups excluding carboxylic acids is 1. The van der Waals surface area contributed by atoms with Gasteiger partial charge in [0.25, 0.3) is 17.3 Å². The molecule has 1 amide bonds. The van der Waals surface area contributed by atoms with Crippen molar-refractivity contribution in [2.45, 2.75) is 0 Å². The van der Waals surface area contributed by atoms with E-state index >= 15 is 0 Å². The SMILES string of the molecule is O=C(NNc1ccc([N+](=O)[O-])cc1)c1cccc([N+](=O)[O-])c1. The minimum absolute atomic E-state index is 0.0736. The molecule has 0 radical (unpaired) electrons. The van der Waals surface area contributed by atoms with Gasteiger partial charge in [-0.15, -0.1) is 0 Å². The molecule has 22 heavy (non-hydrogen) atoms. The molecule has 112 valence electrons. The number of rotatable bonds is 5. The maximum atomic E-state index is 11.9. The Hall–Kier alpha value is -3.49. The van der Waals surface area contributed by atoms with Gasteiger partial charge in [0, 0.05) is 29.8 Å². The molecule has 2 aromatic rings. The predicted octanol–water partition coefficient (Wildman–Crippen LogP) is 2.26. The first-order valence-electron chi connectivity index (χ1n) is 6.02. The Kier molecular flexibility index (Phi) is 4.27. The van der Waals surface area contributed by atoms with E-state index in [0.29, 0.717) is 5.69 Å². The second kappa shape index (κ2) is 6.31. The van der Waals surface area contributed by atoms with Crippen molar-refractivity contribution in [3.63, 3.8) is 0 Å². The number of anilines is 1. The van der Waals surface area contributed by atoms with Gasteiger partial charge in [-0.25, -0.2) is 0 Å². The van der Waals surface area contributed by atoms with E-state index in [9.17, 15) is 25.0 Å². The van der Waals surface area contributed by atoms with Gasteiger partial charge in [-0.3, -0.25) is 35.9 Å². The number of nitro groups is 2. The van der Waals surface area contributed by atoms with E-state index in [-0.39, 0.29) is 16.9 Å². The summed E-state index contributed by atoms with van der Waals surface area (Å²) in [4.78, 5) is 31.9. The molecule has 2 aromatic carbocycles. The van der Waals surface area contributed by atoms with Crippen molar-refractivity contribution in [2.24, 2.45) is 0 Å². The van der Waals surface area contributed by atoms with Crippen molar-refractivity contribution in [3.8, 4) is 0 Å². The third kappa shape index (κ3) is 3.54. The minimum Gasteiger partial charge on any atom is -0.298 e. The fourth-order valence-electron chi connectivity index (χ4n) is 1.63. The molecule has 0 aliphatic rings. The van der Waals surface area contributed by atoms with E-state index in [4.69, 9.17) is 0 Å². The van der Waals surface area contributed by atoms with E-state index in [2.05, 4.69) is 10.9 Å². The molecule has 9 nitrogen and oxygen atoms in total. The lowest BCUT2D eigenvalue weighted by molar-refractivity contribution is -0.385. The van der Waals surface area contributed by atoms with E-state index in [1.165, 1.54) is 42.5 Å². The van der Waals surface area contributed by atoms with Crippen LogP contribution in [0.1, 0.15) is 10.4 Å². The Morgan fingerprint density at radius 1 is 0.909 bits per heavy atom. The van der Waals surface area contributed by atoms with Gasteiger partial charge >= 0.3 is 0 Å². The zero-order valence-corrected chi connectivity index (χ0v) is 11.1. The van der Waals surface area contributed by atoms with Crippen molar-refractivity contribution >= 4 is 23.0 Å². The van der Waals surface area contributed by atoms with Crippen LogP contribution in [0.15, 0.2) is 48.5 Å². The Labute approximate surface area is 123 Å². The third-order valence-electron chi connectivity index (χ3n) is 2.72. The Morgan fingerprint density at radius 2 is 1.55 bits per heavy atom. The summed E-state index contributed by atoms with van der Waals surface area (Å²) in [6, 6.07) is 10.7. The van der Waals surface area contributed by atoms with Crippen molar-refractivity contribution in [3.05, 3.63) is 74.3 Å². The van der Waals surface area contributed by atoms with Gasteiger partial charge in [-0.05, 0) is 18.2 Å². The van der Waals surface area contributed by atoms with Gasteiger partial charge < -0.3 is 0 Å². The summed E-state index contributed by atoms with van der Waals surface area (Å²) in [5.74, 6) is -0.568. The summed E-state index contributed by atoms with van der Waals surface area (Å²) in [5, 5.41) is 21.2. The number of nitrogens with zero attached hydrogens (tertiary/aromatic N) is 2. The van der Waals surface area contributed by atoms with Gasteiger partial charge in [-0.2, -0.15) is 0 Å². The van der Waals surface area contributed by atoms with Crippen molar-refractivity contribution < 1.29 is 14.6 Å². The Balaban J connectivity index is 2.02. The van der Waals surface area contributed by atoms with E-state index in [1.54, 1.807) is 0 Å². The van der Waals surface area contributed by atoms with Crippen LogP contribution in [0, 0.1) is 20.2 Å². The number of amides is 1. The highest BCUT2D eigenvalue weighted by atomic mass is 16.6. The van der Waals surface area contributed by atoms with Crippen LogP contribution in [0.2, 0.25) is 0 Å². The maximum Gasteiger partial charge on any atom is 0.270 e. The largest absolute Gasteiger partial charge is 0.298 e. The monoisotopic (exact) mass is 302 g/mol. The van der Waals surface area contributed by atoms with E-state index in [1.807, 2.05) is 0 Å². The molecular formula is C13H10N4O5. The standard InChI is InChI=1S/C13H10N4O5/c18-13(9-2-1-3-12(8-9)17(21)22)15-14-10-4-6-11(7-5-10)16(19)20/h1-8,14H,(H,15,18). The maximum absolute atomic E-state index is 11.9. The van der Waals surface area contributed by atoms with Crippen molar-refractivity contribution in [1.29, 1.82) is 0 Å². The summed E-state index contributed by atoms with van der Waals surface area (Å²) >= 11 is 0. The first kappa shape index (κ1) is 14.9. The van der Waals surface area contributed by atoms with Crippen LogP contribution in [-0.4, -0.2) is 15.8 Å². The summed E-state index contributed by atoms with van der Waals surface area (Å²) in [6.45, 7) is 0. The normalized spacial score (nSPS) is 9.82. The number of carbonyl (C=O) groups is 1. The number of nitro benzene ring substituents is 2. The summed E-state index contributed by atoms with van der Waals surface area (Å²) in [7, 11) is 0. The molecule has 0 aliphatic carbocycles. The quantitative estimate of drug-likeness (QED) is 0.644. The number of benzene rings is 2. The smallest absolute Gasteiger partial charge is 0.270 e. The molecule has 0 saturated carbocycles. The molecule has 0 fully saturated rings. The number of hydrazine groups is 1. The molecule has 0 aliphatic heterocycles. The predicted molar refractivity (Wildman–Crippen MR) is 77.3 cm³/mol. The molecule has 2 rings (SSSR count). The van der Waals surface area contributed by atoms with Gasteiger partial charge in [0.2, 0.25) is 0 Å². The van der Waals surface area contributed by atoms with Crippen LogP contribution in [0.3, 0.4) is 0 Å². The van der Waals surface area contributed by atoms with E-state index in [0.717, 1.165) is 6.07 Å². The highest BCUT2D eigenvalue weighted by Crippen LogP contribution is 2.15. The fourth-order valence-corrected chi connectivity index (χ4v) is 1.63. The zero-order chi connectivity index (χ0) is 16.1. The van der Waals surface area contributed by atoms with Crippen LogP contribution in [-0.2, 0) is 0 Å². The first-order valence-corrected chi connectivity index (χ1v) is 6.02. The Bertz CT molecular complexity index is 729. The lowest BCUT2D eigenvalue weighted by Crippen LogP contribution is -2.29. The molecule has 0 atom stereocenters. The van der Waals surface area contributed by atoms with Crippen LogP contribution in [0.4, 0.5) is 17.1 Å². The van der Waals surface area contributed by atoms with Crippen LogP contribution in [0.5, 0.6) is 0 Å². The second-order valence-electron chi connectivity index (χ2n) is 4.19. The third-order valence-corrected chi connectivity index (χ3v) is 2.72. The van der Waals surface area contributed by atoms with Crippen LogP contribution >= 0.6 is 0 Å². The lowest BCUT2D eigenvalue weighted by Gasteiger charge is -2.08. The van der Waals surface area contributed by atoms with E-state index < -0.39 is 15.8 Å². The van der Waals surface area contributed by atoms with Gasteiger partial charge in [-0.1, -0.05) is 6.07 Å². The highest BCUT2D eigenvalue weighted by Gasteiger charge is 2.11. The Morgan fingerprint density at radius 3 is 2.14 bits per heavy atom. The molecule has 9 heteroatoms. The molecule has 0 spiro atoms. The van der Waals surface area contributed by atoms with Crippen LogP contribution < -0.4 is 10.9 Å². The number of hydrogen-bond acceptors (Lipinski definition) is 6. The molecular weight excluding hydrogens is 292 g/mol. The number of non-ortho nitro benzene ring substituents is 2. The van der Waals surface area contributed by atoms with Gasteiger partial charge in [0.05, 0.1) is 15.5 Å². The molecule has 0 unspecified atom stereocenters. The molecule has 2 N–H and O–H groups in total. The van der Waals surface area contributed by atoms with Crippen LogP contribution in [0.25, 0.3) is 0 Å². The number of nitrogens with one attached hydrogen (secondary N) is 2. The topological polar surface area (TPSA) is 127 Å². The van der Waals surface area contributed by atoms with Crippen molar-refractivity contribution in [1.82, 2.24) is 5.43 Å². The summed E-state index contributed by atoms with van der Waals surface area (Å²) in [5.41, 5.74) is 5.20. The highest BCUT2D eigenvalue weighted by molar-refractivity contribution is 5.95.